The van der Waals surface area contributed by atoms with E-state index in [2.05, 4.69) is 5.32 Å². The first kappa shape index (κ1) is 18.0. The van der Waals surface area contributed by atoms with Crippen molar-refractivity contribution in [2.45, 2.75) is 82.8 Å². The van der Waals surface area contributed by atoms with E-state index in [0.29, 0.717) is 13.0 Å². The Morgan fingerprint density at radius 2 is 1.64 bits per heavy atom. The van der Waals surface area contributed by atoms with Gasteiger partial charge in [-0.05, 0) is 31.2 Å². The van der Waals surface area contributed by atoms with E-state index < -0.39 is 0 Å². The van der Waals surface area contributed by atoms with Crippen molar-refractivity contribution in [1.82, 2.24) is 10.2 Å². The molecule has 1 unspecified atom stereocenters. The van der Waals surface area contributed by atoms with Crippen molar-refractivity contribution in [3.05, 3.63) is 35.9 Å². The van der Waals surface area contributed by atoms with Gasteiger partial charge in [-0.15, -0.1) is 0 Å². The van der Waals surface area contributed by atoms with Crippen molar-refractivity contribution in [3.63, 3.8) is 0 Å². The third-order valence-corrected chi connectivity index (χ3v) is 5.51. The van der Waals surface area contributed by atoms with Gasteiger partial charge in [0.25, 0.3) is 0 Å². The van der Waals surface area contributed by atoms with Crippen LogP contribution in [0.25, 0.3) is 0 Å². The minimum absolute atomic E-state index is 0.0538. The van der Waals surface area contributed by atoms with Gasteiger partial charge in [-0.2, -0.15) is 0 Å². The SMILES string of the molecule is O=C(NC1CCCCCC1)C1CCCCC(=O)N1Cc1ccccc1. The second-order valence-electron chi connectivity index (χ2n) is 7.47. The Kier molecular flexibility index (Phi) is 6.48. The van der Waals surface area contributed by atoms with E-state index in [9.17, 15) is 9.59 Å². The van der Waals surface area contributed by atoms with Crippen LogP contribution in [0.2, 0.25) is 0 Å². The molecule has 1 aliphatic carbocycles. The number of carbonyl (C=O) groups excluding carboxylic acids is 2. The molecule has 1 aromatic carbocycles. The first-order valence-electron chi connectivity index (χ1n) is 9.88. The zero-order valence-electron chi connectivity index (χ0n) is 15.1. The maximum absolute atomic E-state index is 13.0. The molecule has 0 aromatic heterocycles. The number of hydrogen-bond acceptors (Lipinski definition) is 2. The van der Waals surface area contributed by atoms with Gasteiger partial charge >= 0.3 is 0 Å². The topological polar surface area (TPSA) is 49.4 Å². The molecule has 1 aromatic rings. The molecule has 136 valence electrons. The molecule has 2 amide bonds. The lowest BCUT2D eigenvalue weighted by molar-refractivity contribution is -0.140. The molecule has 2 aliphatic rings. The van der Waals surface area contributed by atoms with E-state index in [1.54, 1.807) is 0 Å². The van der Waals surface area contributed by atoms with Crippen LogP contribution in [0.4, 0.5) is 0 Å². The summed E-state index contributed by atoms with van der Waals surface area (Å²) < 4.78 is 0. The summed E-state index contributed by atoms with van der Waals surface area (Å²) in [5, 5.41) is 3.26. The van der Waals surface area contributed by atoms with Gasteiger partial charge in [0.05, 0.1) is 0 Å². The summed E-state index contributed by atoms with van der Waals surface area (Å²) in [5.41, 5.74) is 1.09. The Labute approximate surface area is 151 Å². The molecule has 1 saturated heterocycles. The number of nitrogens with one attached hydrogen (secondary N) is 1. The Morgan fingerprint density at radius 3 is 2.36 bits per heavy atom. The molecular formula is C21H30N2O2. The van der Waals surface area contributed by atoms with Crippen molar-refractivity contribution in [3.8, 4) is 0 Å². The Morgan fingerprint density at radius 1 is 0.960 bits per heavy atom. The number of benzene rings is 1. The molecule has 1 heterocycles. The largest absolute Gasteiger partial charge is 0.352 e. The lowest BCUT2D eigenvalue weighted by Gasteiger charge is -2.31. The zero-order chi connectivity index (χ0) is 17.5. The average Bonchev–Trinajstić information content (AvgIpc) is 2.98. The van der Waals surface area contributed by atoms with Gasteiger partial charge in [-0.25, -0.2) is 0 Å². The standard InChI is InChI=1S/C21H30N2O2/c24-20-15-9-8-14-19(23(20)16-17-10-4-3-5-11-17)21(25)22-18-12-6-1-2-7-13-18/h3-5,10-11,18-19H,1-2,6-9,12-16H2,(H,22,25). The predicted octanol–water partition coefficient (Wildman–Crippen LogP) is 3.80. The van der Waals surface area contributed by atoms with Gasteiger partial charge in [0.2, 0.25) is 11.8 Å². The van der Waals surface area contributed by atoms with Crippen LogP contribution in [0, 0.1) is 0 Å². The highest BCUT2D eigenvalue weighted by atomic mass is 16.2. The summed E-state index contributed by atoms with van der Waals surface area (Å²) in [4.78, 5) is 27.4. The monoisotopic (exact) mass is 342 g/mol. The molecule has 1 saturated carbocycles. The average molecular weight is 342 g/mol. The lowest BCUT2D eigenvalue weighted by Crippen LogP contribution is -2.50. The summed E-state index contributed by atoms with van der Waals surface area (Å²) in [7, 11) is 0. The summed E-state index contributed by atoms with van der Waals surface area (Å²) >= 11 is 0. The number of amides is 2. The highest BCUT2D eigenvalue weighted by Crippen LogP contribution is 2.22. The second-order valence-corrected chi connectivity index (χ2v) is 7.47. The third kappa shape index (κ3) is 5.07. The molecule has 4 heteroatoms. The fourth-order valence-corrected chi connectivity index (χ4v) is 4.06. The van der Waals surface area contributed by atoms with E-state index in [1.165, 1.54) is 25.7 Å². The van der Waals surface area contributed by atoms with E-state index >= 15 is 0 Å². The molecule has 25 heavy (non-hydrogen) atoms. The lowest BCUT2D eigenvalue weighted by atomic mass is 10.1. The number of nitrogens with zero attached hydrogens (tertiary/aromatic N) is 1. The predicted molar refractivity (Wildman–Crippen MR) is 98.9 cm³/mol. The molecule has 1 aliphatic heterocycles. The molecule has 1 N–H and O–H groups in total. The van der Waals surface area contributed by atoms with E-state index in [0.717, 1.165) is 37.7 Å². The van der Waals surface area contributed by atoms with Crippen molar-refractivity contribution >= 4 is 11.8 Å². The van der Waals surface area contributed by atoms with E-state index in [1.807, 2.05) is 35.2 Å². The third-order valence-electron chi connectivity index (χ3n) is 5.51. The second kappa shape index (κ2) is 9.02. The van der Waals surface area contributed by atoms with Gasteiger partial charge in [-0.3, -0.25) is 9.59 Å². The fourth-order valence-electron chi connectivity index (χ4n) is 4.06. The van der Waals surface area contributed by atoms with Crippen LogP contribution in [0.1, 0.15) is 69.8 Å². The Balaban J connectivity index is 1.70. The molecule has 1 atom stereocenters. The van der Waals surface area contributed by atoms with Crippen LogP contribution >= 0.6 is 0 Å². The number of carbonyl (C=O) groups is 2. The van der Waals surface area contributed by atoms with Crippen LogP contribution in [-0.4, -0.2) is 28.8 Å². The van der Waals surface area contributed by atoms with Crippen molar-refractivity contribution in [1.29, 1.82) is 0 Å². The first-order chi connectivity index (χ1) is 12.2. The summed E-state index contributed by atoms with van der Waals surface area (Å²) in [5.74, 6) is 0.167. The van der Waals surface area contributed by atoms with E-state index in [4.69, 9.17) is 0 Å². The van der Waals surface area contributed by atoms with E-state index in [-0.39, 0.29) is 23.9 Å². The van der Waals surface area contributed by atoms with Crippen LogP contribution in [0.3, 0.4) is 0 Å². The molecular weight excluding hydrogens is 312 g/mol. The normalized spacial score (nSPS) is 23.0. The molecule has 2 fully saturated rings. The van der Waals surface area contributed by atoms with Crippen molar-refractivity contribution in [2.24, 2.45) is 0 Å². The van der Waals surface area contributed by atoms with Gasteiger partial charge < -0.3 is 10.2 Å². The zero-order valence-corrected chi connectivity index (χ0v) is 15.1. The van der Waals surface area contributed by atoms with Crippen LogP contribution in [0.15, 0.2) is 30.3 Å². The Hall–Kier alpha value is -1.84. The molecule has 0 bridgehead atoms. The summed E-state index contributed by atoms with van der Waals surface area (Å²) in [6.07, 6.45) is 10.2. The van der Waals surface area contributed by atoms with Gasteiger partial charge in [0.1, 0.15) is 6.04 Å². The smallest absolute Gasteiger partial charge is 0.243 e. The number of hydrogen-bond donors (Lipinski definition) is 1. The van der Waals surface area contributed by atoms with Crippen molar-refractivity contribution < 1.29 is 9.59 Å². The molecule has 0 radical (unpaired) electrons. The van der Waals surface area contributed by atoms with Gasteiger partial charge in [-0.1, -0.05) is 62.4 Å². The number of likely N-dealkylation sites (tertiary alicyclic amines) is 1. The van der Waals surface area contributed by atoms with Crippen LogP contribution in [0.5, 0.6) is 0 Å². The van der Waals surface area contributed by atoms with Gasteiger partial charge in [0, 0.05) is 19.0 Å². The van der Waals surface area contributed by atoms with Crippen molar-refractivity contribution in [2.75, 3.05) is 0 Å². The maximum atomic E-state index is 13.0. The molecule has 3 rings (SSSR count). The maximum Gasteiger partial charge on any atom is 0.243 e. The van der Waals surface area contributed by atoms with Gasteiger partial charge in [0.15, 0.2) is 0 Å². The summed E-state index contributed by atoms with van der Waals surface area (Å²) in [6, 6.07) is 9.96. The highest BCUT2D eigenvalue weighted by molar-refractivity contribution is 5.88. The quantitative estimate of drug-likeness (QED) is 0.846. The molecule has 4 nitrogen and oxygen atoms in total. The van der Waals surface area contributed by atoms with Crippen LogP contribution < -0.4 is 5.32 Å². The highest BCUT2D eigenvalue weighted by Gasteiger charge is 2.32. The fraction of sp³-hybridized carbons (Fsp3) is 0.619. The summed E-state index contributed by atoms with van der Waals surface area (Å²) in [6.45, 7) is 0.530. The Bertz CT molecular complexity index is 565. The van der Waals surface area contributed by atoms with Crippen LogP contribution in [-0.2, 0) is 16.1 Å². The first-order valence-corrected chi connectivity index (χ1v) is 9.88. The number of rotatable bonds is 4. The minimum Gasteiger partial charge on any atom is -0.352 e. The molecule has 0 spiro atoms. The minimum atomic E-state index is -0.321.